The van der Waals surface area contributed by atoms with E-state index in [9.17, 15) is 8.42 Å². The predicted octanol–water partition coefficient (Wildman–Crippen LogP) is -0.0871. The number of aryl methyl sites for hydroxylation is 1. The van der Waals surface area contributed by atoms with Crippen LogP contribution in [0.2, 0.25) is 0 Å². The summed E-state index contributed by atoms with van der Waals surface area (Å²) in [6, 6.07) is 0. The Kier molecular flexibility index (Phi) is 4.61. The summed E-state index contributed by atoms with van der Waals surface area (Å²) in [4.78, 5) is 0. The topological polar surface area (TPSA) is 100 Å². The van der Waals surface area contributed by atoms with Crippen molar-refractivity contribution in [2.24, 2.45) is 5.14 Å². The van der Waals surface area contributed by atoms with Gasteiger partial charge in [-0.3, -0.25) is 0 Å². The van der Waals surface area contributed by atoms with E-state index < -0.39 is 10.0 Å². The highest BCUT2D eigenvalue weighted by Crippen LogP contribution is 2.10. The minimum atomic E-state index is -3.81. The van der Waals surface area contributed by atoms with Gasteiger partial charge in [-0.1, -0.05) is 0 Å². The molecule has 0 amide bonds. The molecule has 17 heavy (non-hydrogen) atoms. The third-order valence-corrected chi connectivity index (χ3v) is 3.35. The molecule has 7 nitrogen and oxygen atoms in total. The lowest BCUT2D eigenvalue weighted by atomic mass is 10.2. The molecular weight excluding hydrogens is 244 g/mol. The highest BCUT2D eigenvalue weighted by molar-refractivity contribution is 7.89. The third-order valence-electron chi connectivity index (χ3n) is 2.54. The van der Waals surface area contributed by atoms with Crippen LogP contribution in [0.25, 0.3) is 0 Å². The van der Waals surface area contributed by atoms with E-state index in [1.807, 2.05) is 13.8 Å². The van der Waals surface area contributed by atoms with Crippen LogP contribution < -0.4 is 5.14 Å². The van der Waals surface area contributed by atoms with Crippen molar-refractivity contribution in [3.05, 3.63) is 5.82 Å². The molecule has 0 spiro atoms. The molecule has 1 atom stereocenters. The van der Waals surface area contributed by atoms with E-state index in [4.69, 9.17) is 9.88 Å². The van der Waals surface area contributed by atoms with Crippen LogP contribution in [0.1, 0.15) is 26.1 Å². The maximum absolute atomic E-state index is 11.2. The number of hydrogen-bond donors (Lipinski definition) is 1. The Morgan fingerprint density at radius 3 is 2.59 bits per heavy atom. The molecule has 2 N–H and O–H groups in total. The Balaban J connectivity index is 2.91. The summed E-state index contributed by atoms with van der Waals surface area (Å²) in [6.07, 6.45) is 1.44. The van der Waals surface area contributed by atoms with Crippen LogP contribution in [-0.4, -0.2) is 36.4 Å². The number of aromatic nitrogens is 3. The fourth-order valence-corrected chi connectivity index (χ4v) is 2.18. The summed E-state index contributed by atoms with van der Waals surface area (Å²) in [7, 11) is -2.18. The van der Waals surface area contributed by atoms with Gasteiger partial charge < -0.3 is 9.30 Å². The van der Waals surface area contributed by atoms with Crippen LogP contribution in [0.4, 0.5) is 0 Å². The number of methoxy groups -OCH3 is 1. The molecule has 0 fully saturated rings. The molecule has 0 radical (unpaired) electrons. The molecule has 1 rings (SSSR count). The lowest BCUT2D eigenvalue weighted by Crippen LogP contribution is -2.19. The second kappa shape index (κ2) is 5.56. The van der Waals surface area contributed by atoms with Gasteiger partial charge >= 0.3 is 0 Å². The zero-order valence-corrected chi connectivity index (χ0v) is 11.1. The van der Waals surface area contributed by atoms with Crippen molar-refractivity contribution in [1.82, 2.24) is 14.8 Å². The Hall–Kier alpha value is -0.990. The van der Waals surface area contributed by atoms with Gasteiger partial charge in [-0.2, -0.15) is 0 Å². The number of ether oxygens (including phenoxy) is 1. The van der Waals surface area contributed by atoms with Gasteiger partial charge in [-0.15, -0.1) is 10.2 Å². The van der Waals surface area contributed by atoms with Crippen molar-refractivity contribution in [2.75, 3.05) is 7.11 Å². The number of hydrogen-bond acceptors (Lipinski definition) is 5. The van der Waals surface area contributed by atoms with Crippen LogP contribution in [0.5, 0.6) is 0 Å². The van der Waals surface area contributed by atoms with E-state index in [2.05, 4.69) is 10.2 Å². The Morgan fingerprint density at radius 1 is 1.47 bits per heavy atom. The van der Waals surface area contributed by atoms with E-state index in [0.717, 1.165) is 6.42 Å². The molecule has 8 heteroatoms. The van der Waals surface area contributed by atoms with E-state index >= 15 is 0 Å². The molecule has 0 saturated heterocycles. The summed E-state index contributed by atoms with van der Waals surface area (Å²) in [5.74, 6) is 0.612. The fourth-order valence-electron chi connectivity index (χ4n) is 1.48. The minimum absolute atomic E-state index is 0.0925. The SMILES string of the molecule is CCn1c(CCC(C)OC)nnc1S(N)(=O)=O. The summed E-state index contributed by atoms with van der Waals surface area (Å²) in [5.41, 5.74) is 0. The molecule has 0 aliphatic carbocycles. The van der Waals surface area contributed by atoms with Gasteiger partial charge in [-0.25, -0.2) is 13.6 Å². The molecule has 0 aromatic carbocycles. The van der Waals surface area contributed by atoms with Crippen LogP contribution >= 0.6 is 0 Å². The highest BCUT2D eigenvalue weighted by Gasteiger charge is 2.20. The van der Waals surface area contributed by atoms with Gasteiger partial charge in [0.2, 0.25) is 0 Å². The highest BCUT2D eigenvalue weighted by atomic mass is 32.2. The third kappa shape index (κ3) is 3.48. The molecule has 1 aromatic heterocycles. The lowest BCUT2D eigenvalue weighted by Gasteiger charge is -2.09. The van der Waals surface area contributed by atoms with Gasteiger partial charge in [0.05, 0.1) is 6.10 Å². The van der Waals surface area contributed by atoms with Crippen molar-refractivity contribution in [2.45, 2.75) is 44.5 Å². The molecule has 98 valence electrons. The van der Waals surface area contributed by atoms with Crippen molar-refractivity contribution in [3.8, 4) is 0 Å². The Bertz CT molecular complexity index is 469. The Labute approximate surface area is 101 Å². The van der Waals surface area contributed by atoms with Gasteiger partial charge in [0, 0.05) is 20.1 Å². The summed E-state index contributed by atoms with van der Waals surface area (Å²) in [6.45, 7) is 4.23. The predicted molar refractivity (Wildman–Crippen MR) is 61.9 cm³/mol. The van der Waals surface area contributed by atoms with E-state index in [0.29, 0.717) is 18.8 Å². The first-order valence-corrected chi connectivity index (χ1v) is 6.92. The standard InChI is InChI=1S/C9H18N4O3S/c1-4-13-8(6-5-7(2)16-3)11-12-9(13)17(10,14)15/h7H,4-6H2,1-3H3,(H2,10,14,15). The normalized spacial score (nSPS) is 13.9. The van der Waals surface area contributed by atoms with Crippen molar-refractivity contribution in [1.29, 1.82) is 0 Å². The van der Waals surface area contributed by atoms with Gasteiger partial charge in [-0.05, 0) is 20.3 Å². The van der Waals surface area contributed by atoms with E-state index in [1.54, 1.807) is 7.11 Å². The van der Waals surface area contributed by atoms with Crippen molar-refractivity contribution >= 4 is 10.0 Å². The Morgan fingerprint density at radius 2 is 2.12 bits per heavy atom. The fraction of sp³-hybridized carbons (Fsp3) is 0.778. The van der Waals surface area contributed by atoms with E-state index in [-0.39, 0.29) is 11.3 Å². The van der Waals surface area contributed by atoms with Crippen molar-refractivity contribution in [3.63, 3.8) is 0 Å². The number of sulfonamides is 1. The first kappa shape index (κ1) is 14.1. The first-order chi connectivity index (χ1) is 7.90. The number of primary sulfonamides is 1. The second-order valence-electron chi connectivity index (χ2n) is 3.77. The molecule has 1 aromatic rings. The smallest absolute Gasteiger partial charge is 0.273 e. The monoisotopic (exact) mass is 262 g/mol. The molecule has 1 unspecified atom stereocenters. The van der Waals surface area contributed by atoms with Crippen LogP contribution in [0.3, 0.4) is 0 Å². The van der Waals surface area contributed by atoms with Gasteiger partial charge in [0.1, 0.15) is 5.82 Å². The van der Waals surface area contributed by atoms with E-state index in [1.165, 1.54) is 4.57 Å². The second-order valence-corrected chi connectivity index (χ2v) is 5.23. The lowest BCUT2D eigenvalue weighted by molar-refractivity contribution is 0.110. The largest absolute Gasteiger partial charge is 0.382 e. The maximum Gasteiger partial charge on any atom is 0.273 e. The summed E-state index contributed by atoms with van der Waals surface area (Å²) in [5, 5.41) is 12.4. The number of nitrogens with zero attached hydrogens (tertiary/aromatic N) is 3. The zero-order valence-electron chi connectivity index (χ0n) is 10.3. The summed E-state index contributed by atoms with van der Waals surface area (Å²) < 4.78 is 29.1. The molecule has 0 bridgehead atoms. The molecule has 0 saturated carbocycles. The zero-order chi connectivity index (χ0) is 13.1. The minimum Gasteiger partial charge on any atom is -0.382 e. The molecule has 0 aliphatic rings. The van der Waals surface area contributed by atoms with Crippen LogP contribution in [0, 0.1) is 0 Å². The maximum atomic E-state index is 11.2. The van der Waals surface area contributed by atoms with Crippen molar-refractivity contribution < 1.29 is 13.2 Å². The summed E-state index contributed by atoms with van der Waals surface area (Å²) >= 11 is 0. The molecule has 0 aliphatic heterocycles. The van der Waals surface area contributed by atoms with Crippen LogP contribution in [0.15, 0.2) is 5.16 Å². The number of nitrogens with two attached hydrogens (primary N) is 1. The quantitative estimate of drug-likeness (QED) is 0.772. The average Bonchev–Trinajstić information content (AvgIpc) is 2.68. The average molecular weight is 262 g/mol. The van der Waals surface area contributed by atoms with Gasteiger partial charge in [0.25, 0.3) is 15.2 Å². The first-order valence-electron chi connectivity index (χ1n) is 5.37. The van der Waals surface area contributed by atoms with Crippen LogP contribution in [-0.2, 0) is 27.7 Å². The molecule has 1 heterocycles. The van der Waals surface area contributed by atoms with Gasteiger partial charge in [0.15, 0.2) is 0 Å². The molecular formula is C9H18N4O3S. The number of rotatable bonds is 6.